The van der Waals surface area contributed by atoms with Gasteiger partial charge in [0.05, 0.1) is 11.9 Å². The van der Waals surface area contributed by atoms with Crippen molar-refractivity contribution in [1.29, 1.82) is 0 Å². The zero-order valence-corrected chi connectivity index (χ0v) is 16.1. The van der Waals surface area contributed by atoms with E-state index in [0.717, 1.165) is 10.2 Å². The van der Waals surface area contributed by atoms with Gasteiger partial charge in [-0.2, -0.15) is 0 Å². The molecule has 9 heteroatoms. The topological polar surface area (TPSA) is 85.6 Å². The Morgan fingerprint density at radius 2 is 2.08 bits per heavy atom. The lowest BCUT2D eigenvalue weighted by Gasteiger charge is -2.07. The average molecular weight is 431 g/mol. The molecule has 0 bridgehead atoms. The first-order chi connectivity index (χ1) is 12.7. The lowest BCUT2D eigenvalue weighted by Crippen LogP contribution is -2.14. The molecule has 0 aliphatic rings. The van der Waals surface area contributed by atoms with Crippen molar-refractivity contribution < 1.29 is 4.79 Å². The van der Waals surface area contributed by atoms with E-state index in [0.29, 0.717) is 23.2 Å². The van der Waals surface area contributed by atoms with Crippen molar-refractivity contribution in [2.75, 3.05) is 11.1 Å². The number of hydrogen-bond acceptors (Lipinski definition) is 6. The maximum absolute atomic E-state index is 12.2. The van der Waals surface area contributed by atoms with E-state index in [-0.39, 0.29) is 11.7 Å². The summed E-state index contributed by atoms with van der Waals surface area (Å²) in [5.74, 6) is 0.687. The average Bonchev–Trinajstić information content (AvgIpc) is 3.06. The van der Waals surface area contributed by atoms with Gasteiger partial charge < -0.3 is 5.32 Å². The van der Waals surface area contributed by atoms with E-state index >= 15 is 0 Å². The van der Waals surface area contributed by atoms with E-state index in [4.69, 9.17) is 0 Å². The highest BCUT2D eigenvalue weighted by atomic mass is 79.9. The highest BCUT2D eigenvalue weighted by Crippen LogP contribution is 2.23. The molecule has 0 saturated carbocycles. The monoisotopic (exact) mass is 430 g/mol. The Morgan fingerprint density at radius 3 is 2.77 bits per heavy atom. The minimum absolute atomic E-state index is 0.119. The molecule has 0 spiro atoms. The molecule has 1 N–H and O–H groups in total. The van der Waals surface area contributed by atoms with Crippen molar-refractivity contribution in [2.45, 2.75) is 11.7 Å². The number of anilines is 1. The van der Waals surface area contributed by atoms with E-state index in [9.17, 15) is 4.79 Å². The lowest BCUT2D eigenvalue weighted by molar-refractivity contribution is -0.113. The van der Waals surface area contributed by atoms with Gasteiger partial charge in [0.1, 0.15) is 5.69 Å². The van der Waals surface area contributed by atoms with Crippen LogP contribution in [0.3, 0.4) is 0 Å². The number of aromatic nitrogens is 5. The number of rotatable bonds is 7. The highest BCUT2D eigenvalue weighted by Gasteiger charge is 2.16. The second kappa shape index (κ2) is 8.72. The van der Waals surface area contributed by atoms with Crippen molar-refractivity contribution in [3.8, 4) is 11.5 Å². The van der Waals surface area contributed by atoms with Crippen LogP contribution in [0, 0.1) is 0 Å². The first kappa shape index (κ1) is 18.3. The van der Waals surface area contributed by atoms with Crippen molar-refractivity contribution in [2.24, 2.45) is 0 Å². The van der Waals surface area contributed by atoms with E-state index < -0.39 is 0 Å². The van der Waals surface area contributed by atoms with Crippen LogP contribution in [0.25, 0.3) is 11.5 Å². The number of carbonyl (C=O) groups is 1. The fourth-order valence-corrected chi connectivity index (χ4v) is 3.17. The van der Waals surface area contributed by atoms with Crippen LogP contribution in [0.15, 0.2) is 65.1 Å². The summed E-state index contributed by atoms with van der Waals surface area (Å²) in [6.45, 7) is 4.27. The van der Waals surface area contributed by atoms with Crippen LogP contribution in [-0.4, -0.2) is 36.4 Å². The Labute approximate surface area is 163 Å². The highest BCUT2D eigenvalue weighted by molar-refractivity contribution is 9.10. The summed E-state index contributed by atoms with van der Waals surface area (Å²) in [4.78, 5) is 20.5. The van der Waals surface area contributed by atoms with Crippen molar-refractivity contribution in [3.63, 3.8) is 0 Å². The minimum Gasteiger partial charge on any atom is -0.325 e. The standard InChI is InChI=1S/C17H15BrN6OS/c1-2-9-24-16(14-10-19-7-8-20-14)22-23-17(24)26-11-15(25)21-13-5-3-12(18)4-6-13/h2-8,10H,1,9,11H2,(H,21,25). The summed E-state index contributed by atoms with van der Waals surface area (Å²) in [5, 5.41) is 11.8. The van der Waals surface area contributed by atoms with Gasteiger partial charge in [-0.15, -0.1) is 16.8 Å². The molecule has 1 aromatic carbocycles. The molecule has 26 heavy (non-hydrogen) atoms. The van der Waals surface area contributed by atoms with Crippen molar-refractivity contribution >= 4 is 39.3 Å². The third kappa shape index (κ3) is 4.55. The van der Waals surface area contributed by atoms with Gasteiger partial charge in [0.25, 0.3) is 0 Å². The Bertz CT molecular complexity index is 897. The molecule has 0 fully saturated rings. The molecule has 0 radical (unpaired) electrons. The fourth-order valence-electron chi connectivity index (χ4n) is 2.15. The van der Waals surface area contributed by atoms with Crippen molar-refractivity contribution in [3.05, 3.63) is 60.0 Å². The Kier molecular flexibility index (Phi) is 6.13. The summed E-state index contributed by atoms with van der Waals surface area (Å²) in [6.07, 6.45) is 6.56. The molecule has 0 atom stereocenters. The lowest BCUT2D eigenvalue weighted by atomic mass is 10.3. The number of hydrogen-bond donors (Lipinski definition) is 1. The Balaban J connectivity index is 1.69. The number of nitrogens with one attached hydrogen (secondary N) is 1. The quantitative estimate of drug-likeness (QED) is 0.456. The van der Waals surface area contributed by atoms with E-state index in [1.54, 1.807) is 24.7 Å². The molecule has 0 saturated heterocycles. The van der Waals surface area contributed by atoms with Gasteiger partial charge in [-0.1, -0.05) is 33.8 Å². The van der Waals surface area contributed by atoms with Crippen LogP contribution in [0.2, 0.25) is 0 Å². The first-order valence-corrected chi connectivity index (χ1v) is 9.44. The zero-order valence-electron chi connectivity index (χ0n) is 13.7. The summed E-state index contributed by atoms with van der Waals surface area (Å²) < 4.78 is 2.81. The normalized spacial score (nSPS) is 10.5. The van der Waals surface area contributed by atoms with Gasteiger partial charge in [-0.25, -0.2) is 4.98 Å². The van der Waals surface area contributed by atoms with Crippen LogP contribution < -0.4 is 5.32 Å². The third-order valence-corrected chi connectivity index (χ3v) is 4.78. The number of halogens is 1. The number of carbonyl (C=O) groups excluding carboxylic acids is 1. The smallest absolute Gasteiger partial charge is 0.234 e. The van der Waals surface area contributed by atoms with Crippen molar-refractivity contribution in [1.82, 2.24) is 24.7 Å². The van der Waals surface area contributed by atoms with Gasteiger partial charge in [0, 0.05) is 29.1 Å². The van der Waals surface area contributed by atoms with E-state index in [2.05, 4.69) is 48.0 Å². The molecule has 2 aromatic heterocycles. The van der Waals surface area contributed by atoms with Crippen LogP contribution in [-0.2, 0) is 11.3 Å². The van der Waals surface area contributed by atoms with Crippen LogP contribution in [0.5, 0.6) is 0 Å². The maximum Gasteiger partial charge on any atom is 0.234 e. The van der Waals surface area contributed by atoms with Gasteiger partial charge in [-0.05, 0) is 24.3 Å². The molecule has 3 aromatic rings. The molecule has 0 aliphatic heterocycles. The molecule has 0 aliphatic carbocycles. The van der Waals surface area contributed by atoms with Gasteiger partial charge >= 0.3 is 0 Å². The molecule has 3 rings (SSSR count). The Hall–Kier alpha value is -2.52. The summed E-state index contributed by atoms with van der Waals surface area (Å²) in [6, 6.07) is 7.41. The van der Waals surface area contributed by atoms with E-state index in [1.165, 1.54) is 11.8 Å². The number of amides is 1. The van der Waals surface area contributed by atoms with Gasteiger partial charge in [0.2, 0.25) is 5.91 Å². The van der Waals surface area contributed by atoms with Crippen LogP contribution in [0.4, 0.5) is 5.69 Å². The number of nitrogens with zero attached hydrogens (tertiary/aromatic N) is 5. The summed E-state index contributed by atoms with van der Waals surface area (Å²) in [5.41, 5.74) is 1.36. The predicted molar refractivity (Wildman–Crippen MR) is 105 cm³/mol. The second-order valence-corrected chi connectivity index (χ2v) is 7.00. The first-order valence-electron chi connectivity index (χ1n) is 7.66. The molecule has 0 unspecified atom stereocenters. The van der Waals surface area contributed by atoms with E-state index in [1.807, 2.05) is 28.8 Å². The zero-order chi connectivity index (χ0) is 18.4. The fraction of sp³-hybridized carbons (Fsp3) is 0.118. The predicted octanol–water partition coefficient (Wildman–Crippen LogP) is 3.41. The molecule has 1 amide bonds. The maximum atomic E-state index is 12.2. The third-order valence-electron chi connectivity index (χ3n) is 3.28. The molecule has 132 valence electrons. The number of allylic oxidation sites excluding steroid dienone is 1. The minimum atomic E-state index is -0.119. The summed E-state index contributed by atoms with van der Waals surface area (Å²) >= 11 is 4.67. The SMILES string of the molecule is C=CCn1c(SCC(=O)Nc2ccc(Br)cc2)nnc1-c1cnccn1. The van der Waals surface area contributed by atoms with Crippen LogP contribution >= 0.6 is 27.7 Å². The van der Waals surface area contributed by atoms with Crippen LogP contribution in [0.1, 0.15) is 0 Å². The second-order valence-electron chi connectivity index (χ2n) is 5.14. The largest absolute Gasteiger partial charge is 0.325 e. The molecule has 7 nitrogen and oxygen atoms in total. The Morgan fingerprint density at radius 1 is 1.27 bits per heavy atom. The number of benzene rings is 1. The van der Waals surface area contributed by atoms with Gasteiger partial charge in [-0.3, -0.25) is 14.3 Å². The molecule has 2 heterocycles. The van der Waals surface area contributed by atoms with Gasteiger partial charge in [0.15, 0.2) is 11.0 Å². The molecular formula is C17H15BrN6OS. The molecular weight excluding hydrogens is 416 g/mol. The summed E-state index contributed by atoms with van der Waals surface area (Å²) in [7, 11) is 0. The number of thioether (sulfide) groups is 1.